The molecule has 0 aliphatic carbocycles. The molecule has 1 N–H and O–H groups in total. The summed E-state index contributed by atoms with van der Waals surface area (Å²) in [6, 6.07) is 3.22. The molecular weight excluding hydrogens is 347 g/mol. The minimum absolute atomic E-state index is 0.265. The van der Waals surface area contributed by atoms with E-state index in [1.54, 1.807) is 12.4 Å². The standard InChI is InChI=1S/C14H13BrF3N3/c1-8-13(20-6-5-19-8)9(2)21-12-7-10(14(16,17)18)3-4-11(12)15/h3-7,9,21H,1-2H3. The number of halogens is 4. The number of nitrogens with zero attached hydrogens (tertiary/aromatic N) is 2. The van der Waals surface area contributed by atoms with E-state index < -0.39 is 11.7 Å². The molecule has 0 aliphatic rings. The van der Waals surface area contributed by atoms with Crippen LogP contribution in [0.4, 0.5) is 18.9 Å². The van der Waals surface area contributed by atoms with E-state index in [1.807, 2.05) is 13.8 Å². The van der Waals surface area contributed by atoms with Crippen LogP contribution < -0.4 is 5.32 Å². The first kappa shape index (κ1) is 15.8. The van der Waals surface area contributed by atoms with Gasteiger partial charge in [-0.15, -0.1) is 0 Å². The first-order chi connectivity index (χ1) is 9.79. The van der Waals surface area contributed by atoms with Gasteiger partial charge >= 0.3 is 6.18 Å². The molecule has 0 radical (unpaired) electrons. The Morgan fingerprint density at radius 3 is 2.48 bits per heavy atom. The van der Waals surface area contributed by atoms with Gasteiger partial charge in [0.25, 0.3) is 0 Å². The Morgan fingerprint density at radius 1 is 1.19 bits per heavy atom. The fourth-order valence-electron chi connectivity index (χ4n) is 1.96. The molecule has 0 spiro atoms. The second-order valence-corrected chi connectivity index (χ2v) is 5.44. The lowest BCUT2D eigenvalue weighted by Crippen LogP contribution is -2.12. The van der Waals surface area contributed by atoms with Crippen LogP contribution in [0.5, 0.6) is 0 Å². The predicted molar refractivity (Wildman–Crippen MR) is 78.0 cm³/mol. The van der Waals surface area contributed by atoms with Crippen LogP contribution in [0, 0.1) is 6.92 Å². The lowest BCUT2D eigenvalue weighted by Gasteiger charge is -2.18. The Bertz CT molecular complexity index is 644. The molecule has 0 aliphatic heterocycles. The Kier molecular flexibility index (Phi) is 4.51. The zero-order chi connectivity index (χ0) is 15.6. The van der Waals surface area contributed by atoms with Gasteiger partial charge in [-0.2, -0.15) is 13.2 Å². The molecule has 7 heteroatoms. The van der Waals surface area contributed by atoms with Gasteiger partial charge in [-0.3, -0.25) is 9.97 Å². The van der Waals surface area contributed by atoms with Crippen LogP contribution in [-0.2, 0) is 6.18 Å². The Morgan fingerprint density at radius 2 is 1.86 bits per heavy atom. The maximum absolute atomic E-state index is 12.8. The molecule has 2 aromatic rings. The maximum atomic E-state index is 12.8. The van der Waals surface area contributed by atoms with Crippen molar-refractivity contribution in [2.75, 3.05) is 5.32 Å². The van der Waals surface area contributed by atoms with Crippen molar-refractivity contribution < 1.29 is 13.2 Å². The quantitative estimate of drug-likeness (QED) is 0.859. The highest BCUT2D eigenvalue weighted by molar-refractivity contribution is 9.10. The SMILES string of the molecule is Cc1nccnc1C(C)Nc1cc(C(F)(F)F)ccc1Br. The van der Waals surface area contributed by atoms with Crippen molar-refractivity contribution >= 4 is 21.6 Å². The van der Waals surface area contributed by atoms with Crippen molar-refractivity contribution in [3.8, 4) is 0 Å². The minimum Gasteiger partial charge on any atom is -0.376 e. The van der Waals surface area contributed by atoms with Crippen LogP contribution in [0.15, 0.2) is 35.1 Å². The van der Waals surface area contributed by atoms with Crippen LogP contribution in [0.25, 0.3) is 0 Å². The molecule has 1 aromatic heterocycles. The molecule has 112 valence electrons. The fraction of sp³-hybridized carbons (Fsp3) is 0.286. The zero-order valence-electron chi connectivity index (χ0n) is 11.4. The largest absolute Gasteiger partial charge is 0.416 e. The molecule has 0 saturated heterocycles. The average Bonchev–Trinajstić information content (AvgIpc) is 2.40. The summed E-state index contributed by atoms with van der Waals surface area (Å²) < 4.78 is 38.8. The monoisotopic (exact) mass is 359 g/mol. The molecule has 0 amide bonds. The number of alkyl halides is 3. The smallest absolute Gasteiger partial charge is 0.376 e. The molecule has 21 heavy (non-hydrogen) atoms. The highest BCUT2D eigenvalue weighted by atomic mass is 79.9. The van der Waals surface area contributed by atoms with Crippen LogP contribution in [0.1, 0.15) is 29.9 Å². The van der Waals surface area contributed by atoms with Crippen molar-refractivity contribution in [2.45, 2.75) is 26.1 Å². The van der Waals surface area contributed by atoms with E-state index in [1.165, 1.54) is 6.07 Å². The molecule has 0 fully saturated rings. The van der Waals surface area contributed by atoms with E-state index >= 15 is 0 Å². The summed E-state index contributed by atoms with van der Waals surface area (Å²) in [5.74, 6) is 0. The molecule has 1 atom stereocenters. The van der Waals surface area contributed by atoms with Crippen molar-refractivity contribution in [1.82, 2.24) is 9.97 Å². The third-order valence-electron chi connectivity index (χ3n) is 3.00. The average molecular weight is 360 g/mol. The number of aromatic nitrogens is 2. The second-order valence-electron chi connectivity index (χ2n) is 4.59. The van der Waals surface area contributed by atoms with E-state index in [2.05, 4.69) is 31.2 Å². The topological polar surface area (TPSA) is 37.8 Å². The molecule has 2 rings (SSSR count). The summed E-state index contributed by atoms with van der Waals surface area (Å²) in [6.45, 7) is 3.63. The van der Waals surface area contributed by atoms with Gasteiger partial charge in [0.1, 0.15) is 0 Å². The molecule has 3 nitrogen and oxygen atoms in total. The number of rotatable bonds is 3. The third-order valence-corrected chi connectivity index (χ3v) is 3.69. The van der Waals surface area contributed by atoms with E-state index in [9.17, 15) is 13.2 Å². The number of benzene rings is 1. The van der Waals surface area contributed by atoms with E-state index in [0.717, 1.165) is 17.8 Å². The van der Waals surface area contributed by atoms with Gasteiger partial charge in [0.2, 0.25) is 0 Å². The van der Waals surface area contributed by atoms with Gasteiger partial charge in [-0.25, -0.2) is 0 Å². The summed E-state index contributed by atoms with van der Waals surface area (Å²) in [4.78, 5) is 8.34. The Labute approximate surface area is 128 Å². The van der Waals surface area contributed by atoms with Crippen LogP contribution in [-0.4, -0.2) is 9.97 Å². The van der Waals surface area contributed by atoms with E-state index in [0.29, 0.717) is 15.9 Å². The van der Waals surface area contributed by atoms with Crippen LogP contribution in [0.3, 0.4) is 0 Å². The van der Waals surface area contributed by atoms with Crippen molar-refractivity contribution in [3.05, 3.63) is 52.0 Å². The third kappa shape index (κ3) is 3.72. The summed E-state index contributed by atoms with van der Waals surface area (Å²) in [5.41, 5.74) is 1.10. The number of hydrogen-bond donors (Lipinski definition) is 1. The number of nitrogens with one attached hydrogen (secondary N) is 1. The van der Waals surface area contributed by atoms with Crippen molar-refractivity contribution in [3.63, 3.8) is 0 Å². The molecule has 1 aromatic carbocycles. The van der Waals surface area contributed by atoms with Gasteiger partial charge in [-0.05, 0) is 48.0 Å². The fourth-order valence-corrected chi connectivity index (χ4v) is 2.32. The predicted octanol–water partition coefficient (Wildman–Crippen LogP) is 4.74. The van der Waals surface area contributed by atoms with Gasteiger partial charge in [-0.1, -0.05) is 0 Å². The summed E-state index contributed by atoms with van der Waals surface area (Å²) >= 11 is 3.25. The van der Waals surface area contributed by atoms with E-state index in [-0.39, 0.29) is 6.04 Å². The van der Waals surface area contributed by atoms with Crippen LogP contribution in [0.2, 0.25) is 0 Å². The molecule has 1 heterocycles. The zero-order valence-corrected chi connectivity index (χ0v) is 13.0. The molecule has 0 saturated carbocycles. The van der Waals surface area contributed by atoms with Gasteiger partial charge in [0.05, 0.1) is 23.0 Å². The highest BCUT2D eigenvalue weighted by Gasteiger charge is 2.31. The van der Waals surface area contributed by atoms with Gasteiger partial charge in [0, 0.05) is 22.6 Å². The Balaban J connectivity index is 2.29. The number of hydrogen-bond acceptors (Lipinski definition) is 3. The molecular formula is C14H13BrF3N3. The van der Waals surface area contributed by atoms with Gasteiger partial charge in [0.15, 0.2) is 0 Å². The molecule has 1 unspecified atom stereocenters. The Hall–Kier alpha value is -1.63. The van der Waals surface area contributed by atoms with E-state index in [4.69, 9.17) is 0 Å². The molecule has 0 bridgehead atoms. The highest BCUT2D eigenvalue weighted by Crippen LogP contribution is 2.35. The summed E-state index contributed by atoms with van der Waals surface area (Å²) in [6.07, 6.45) is -1.24. The minimum atomic E-state index is -4.37. The number of anilines is 1. The lowest BCUT2D eigenvalue weighted by atomic mass is 10.1. The summed E-state index contributed by atoms with van der Waals surface area (Å²) in [7, 11) is 0. The second kappa shape index (κ2) is 6.01. The first-order valence-corrected chi connectivity index (χ1v) is 6.99. The normalized spacial score (nSPS) is 13.0. The summed E-state index contributed by atoms with van der Waals surface area (Å²) in [5, 5.41) is 3.03. The van der Waals surface area contributed by atoms with Crippen LogP contribution >= 0.6 is 15.9 Å². The number of aryl methyl sites for hydroxylation is 1. The van der Waals surface area contributed by atoms with Gasteiger partial charge < -0.3 is 5.32 Å². The van der Waals surface area contributed by atoms with Crippen molar-refractivity contribution in [1.29, 1.82) is 0 Å². The van der Waals surface area contributed by atoms with Crippen molar-refractivity contribution in [2.24, 2.45) is 0 Å². The first-order valence-electron chi connectivity index (χ1n) is 6.20. The lowest BCUT2D eigenvalue weighted by molar-refractivity contribution is -0.137. The maximum Gasteiger partial charge on any atom is 0.416 e.